The van der Waals surface area contributed by atoms with E-state index in [1.165, 1.54) is 0 Å². The molecule has 0 aromatic heterocycles. The van der Waals surface area contributed by atoms with E-state index in [2.05, 4.69) is 24.1 Å². The minimum absolute atomic E-state index is 0.330. The fourth-order valence-electron chi connectivity index (χ4n) is 2.62. The Labute approximate surface area is 122 Å². The first-order chi connectivity index (χ1) is 9.60. The SMILES string of the molecule is CCCN(CCC)CC(NC)(C(N)=O)c1ccccc1. The number of carbonyl (C=O) groups is 1. The van der Waals surface area contributed by atoms with Gasteiger partial charge < -0.3 is 16.0 Å². The second-order valence-electron chi connectivity index (χ2n) is 5.16. The molecule has 0 aliphatic carbocycles. The highest BCUT2D eigenvalue weighted by molar-refractivity contribution is 5.86. The second-order valence-corrected chi connectivity index (χ2v) is 5.16. The standard InChI is InChI=1S/C16H27N3O/c1-4-11-19(12-5-2)13-16(18-3,15(17)20)14-9-7-6-8-10-14/h6-10,18H,4-5,11-13H2,1-3H3,(H2,17,20). The summed E-state index contributed by atoms with van der Waals surface area (Å²) in [5, 5.41) is 3.16. The van der Waals surface area contributed by atoms with Gasteiger partial charge in [0.25, 0.3) is 0 Å². The maximum atomic E-state index is 12.1. The molecule has 20 heavy (non-hydrogen) atoms. The minimum atomic E-state index is -0.828. The lowest BCUT2D eigenvalue weighted by Crippen LogP contribution is -2.58. The van der Waals surface area contributed by atoms with E-state index in [1.807, 2.05) is 30.3 Å². The summed E-state index contributed by atoms with van der Waals surface area (Å²) in [6.45, 7) is 6.84. The van der Waals surface area contributed by atoms with Crippen LogP contribution < -0.4 is 11.1 Å². The van der Waals surface area contributed by atoms with Crippen LogP contribution in [0, 0.1) is 0 Å². The van der Waals surface area contributed by atoms with Gasteiger partial charge in [0.05, 0.1) is 0 Å². The Morgan fingerprint density at radius 2 is 1.75 bits per heavy atom. The van der Waals surface area contributed by atoms with E-state index in [0.29, 0.717) is 6.54 Å². The van der Waals surface area contributed by atoms with E-state index in [0.717, 1.165) is 31.5 Å². The molecule has 0 spiro atoms. The maximum absolute atomic E-state index is 12.1. The fourth-order valence-corrected chi connectivity index (χ4v) is 2.62. The van der Waals surface area contributed by atoms with Crippen LogP contribution in [0.4, 0.5) is 0 Å². The van der Waals surface area contributed by atoms with Crippen LogP contribution in [0.15, 0.2) is 30.3 Å². The van der Waals surface area contributed by atoms with Gasteiger partial charge in [-0.3, -0.25) is 4.79 Å². The number of amides is 1. The second kappa shape index (κ2) is 8.02. The topological polar surface area (TPSA) is 58.4 Å². The predicted octanol–water partition coefficient (Wildman–Crippen LogP) is 1.71. The number of nitrogens with two attached hydrogens (primary N) is 1. The van der Waals surface area contributed by atoms with Gasteiger partial charge in [0, 0.05) is 6.54 Å². The molecule has 1 unspecified atom stereocenters. The fraction of sp³-hybridized carbons (Fsp3) is 0.562. The van der Waals surface area contributed by atoms with Crippen molar-refractivity contribution < 1.29 is 4.79 Å². The van der Waals surface area contributed by atoms with Gasteiger partial charge in [-0.15, -0.1) is 0 Å². The molecule has 0 aliphatic heterocycles. The summed E-state index contributed by atoms with van der Waals surface area (Å²) in [5.41, 5.74) is 5.82. The van der Waals surface area contributed by atoms with Crippen LogP contribution in [0.3, 0.4) is 0 Å². The van der Waals surface area contributed by atoms with Crippen molar-refractivity contribution >= 4 is 5.91 Å². The maximum Gasteiger partial charge on any atom is 0.243 e. The van der Waals surface area contributed by atoms with Gasteiger partial charge in [-0.05, 0) is 38.5 Å². The number of carbonyl (C=O) groups excluding carboxylic acids is 1. The molecule has 1 aromatic carbocycles. The largest absolute Gasteiger partial charge is 0.368 e. The molecule has 1 atom stereocenters. The first-order valence-corrected chi connectivity index (χ1v) is 7.37. The Balaban J connectivity index is 3.08. The summed E-state index contributed by atoms with van der Waals surface area (Å²) < 4.78 is 0. The highest BCUT2D eigenvalue weighted by Crippen LogP contribution is 2.22. The molecule has 1 rings (SSSR count). The highest BCUT2D eigenvalue weighted by atomic mass is 16.1. The molecular formula is C16H27N3O. The number of benzene rings is 1. The number of hydrogen-bond acceptors (Lipinski definition) is 3. The Hall–Kier alpha value is -1.39. The molecule has 0 bridgehead atoms. The molecule has 0 heterocycles. The van der Waals surface area contributed by atoms with Gasteiger partial charge in [0.1, 0.15) is 5.54 Å². The monoisotopic (exact) mass is 277 g/mol. The number of nitrogens with one attached hydrogen (secondary N) is 1. The van der Waals surface area contributed by atoms with Crippen LogP contribution >= 0.6 is 0 Å². The zero-order chi connectivity index (χ0) is 15.0. The van der Waals surface area contributed by atoms with Crippen molar-refractivity contribution in [2.24, 2.45) is 5.73 Å². The van der Waals surface area contributed by atoms with Crippen LogP contribution in [0.1, 0.15) is 32.3 Å². The summed E-state index contributed by atoms with van der Waals surface area (Å²) >= 11 is 0. The smallest absolute Gasteiger partial charge is 0.243 e. The van der Waals surface area contributed by atoms with Gasteiger partial charge in [-0.2, -0.15) is 0 Å². The van der Waals surface area contributed by atoms with Crippen molar-refractivity contribution in [3.8, 4) is 0 Å². The number of nitrogens with zero attached hydrogens (tertiary/aromatic N) is 1. The first-order valence-electron chi connectivity index (χ1n) is 7.37. The molecule has 0 fully saturated rings. The van der Waals surface area contributed by atoms with Crippen LogP contribution in [-0.4, -0.2) is 37.5 Å². The van der Waals surface area contributed by atoms with Crippen LogP contribution in [-0.2, 0) is 10.3 Å². The molecule has 4 heteroatoms. The van der Waals surface area contributed by atoms with E-state index in [4.69, 9.17) is 5.73 Å². The summed E-state index contributed by atoms with van der Waals surface area (Å²) in [4.78, 5) is 14.4. The number of primary amides is 1. The van der Waals surface area contributed by atoms with Crippen molar-refractivity contribution in [3.63, 3.8) is 0 Å². The molecule has 1 aromatic rings. The summed E-state index contributed by atoms with van der Waals surface area (Å²) in [6, 6.07) is 9.73. The van der Waals surface area contributed by atoms with Crippen molar-refractivity contribution in [1.82, 2.24) is 10.2 Å². The third-order valence-electron chi connectivity index (χ3n) is 3.65. The molecule has 0 aliphatic rings. The van der Waals surface area contributed by atoms with Crippen molar-refractivity contribution in [3.05, 3.63) is 35.9 Å². The van der Waals surface area contributed by atoms with Crippen molar-refractivity contribution in [2.45, 2.75) is 32.2 Å². The molecular weight excluding hydrogens is 250 g/mol. The van der Waals surface area contributed by atoms with E-state index >= 15 is 0 Å². The summed E-state index contributed by atoms with van der Waals surface area (Å²) in [7, 11) is 1.80. The van der Waals surface area contributed by atoms with Gasteiger partial charge in [-0.25, -0.2) is 0 Å². The molecule has 0 radical (unpaired) electrons. The first kappa shape index (κ1) is 16.7. The molecule has 0 saturated carbocycles. The van der Waals surface area contributed by atoms with Crippen molar-refractivity contribution in [1.29, 1.82) is 0 Å². The number of rotatable bonds is 9. The third kappa shape index (κ3) is 3.81. The lowest BCUT2D eigenvalue weighted by Gasteiger charge is -2.36. The third-order valence-corrected chi connectivity index (χ3v) is 3.65. The quantitative estimate of drug-likeness (QED) is 0.722. The summed E-state index contributed by atoms with van der Waals surface area (Å²) in [6.07, 6.45) is 2.13. The number of hydrogen-bond donors (Lipinski definition) is 2. The lowest BCUT2D eigenvalue weighted by atomic mass is 9.88. The highest BCUT2D eigenvalue weighted by Gasteiger charge is 2.38. The number of likely N-dealkylation sites (N-methyl/N-ethyl adjacent to an activating group) is 1. The molecule has 112 valence electrons. The van der Waals surface area contributed by atoms with E-state index in [-0.39, 0.29) is 5.91 Å². The zero-order valence-electron chi connectivity index (χ0n) is 12.9. The Bertz CT molecular complexity index is 401. The Morgan fingerprint density at radius 3 is 2.15 bits per heavy atom. The Morgan fingerprint density at radius 1 is 1.20 bits per heavy atom. The molecule has 0 saturated heterocycles. The van der Waals surface area contributed by atoms with Crippen molar-refractivity contribution in [2.75, 3.05) is 26.7 Å². The normalized spacial score (nSPS) is 14.2. The van der Waals surface area contributed by atoms with E-state index in [9.17, 15) is 4.79 Å². The van der Waals surface area contributed by atoms with Crippen LogP contribution in [0.25, 0.3) is 0 Å². The minimum Gasteiger partial charge on any atom is -0.368 e. The average molecular weight is 277 g/mol. The average Bonchev–Trinajstić information content (AvgIpc) is 2.45. The molecule has 4 nitrogen and oxygen atoms in total. The van der Waals surface area contributed by atoms with Gasteiger partial charge in [-0.1, -0.05) is 44.2 Å². The lowest BCUT2D eigenvalue weighted by molar-refractivity contribution is -0.125. The van der Waals surface area contributed by atoms with E-state index in [1.54, 1.807) is 7.05 Å². The van der Waals surface area contributed by atoms with Gasteiger partial charge in [0.15, 0.2) is 0 Å². The predicted molar refractivity (Wildman–Crippen MR) is 83.4 cm³/mol. The van der Waals surface area contributed by atoms with Crippen LogP contribution in [0.2, 0.25) is 0 Å². The Kier molecular flexibility index (Phi) is 6.68. The molecule has 1 amide bonds. The molecule has 3 N–H and O–H groups in total. The van der Waals surface area contributed by atoms with Gasteiger partial charge in [0.2, 0.25) is 5.91 Å². The van der Waals surface area contributed by atoms with E-state index < -0.39 is 5.54 Å². The van der Waals surface area contributed by atoms with Crippen LogP contribution in [0.5, 0.6) is 0 Å². The summed E-state index contributed by atoms with van der Waals surface area (Å²) in [5.74, 6) is -0.330. The zero-order valence-corrected chi connectivity index (χ0v) is 12.9. The van der Waals surface area contributed by atoms with Gasteiger partial charge >= 0.3 is 0 Å².